The maximum absolute atomic E-state index is 13.0. The van der Waals surface area contributed by atoms with Crippen LogP contribution in [0, 0.1) is 13.8 Å². The van der Waals surface area contributed by atoms with Gasteiger partial charge in [-0.05, 0) is 43.0 Å². The minimum Gasteiger partial charge on any atom is -0.463 e. The molecule has 0 N–H and O–H groups in total. The smallest absolute Gasteiger partial charge is 0.340 e. The summed E-state index contributed by atoms with van der Waals surface area (Å²) in [6.07, 6.45) is 1.94. The Morgan fingerprint density at radius 2 is 1.88 bits per heavy atom. The van der Waals surface area contributed by atoms with Crippen LogP contribution in [-0.2, 0) is 21.1 Å². The molecule has 1 atom stereocenters. The van der Waals surface area contributed by atoms with Gasteiger partial charge in [-0.25, -0.2) is 13.2 Å². The van der Waals surface area contributed by atoms with Crippen LogP contribution in [0.4, 0.5) is 0 Å². The Hall–Kier alpha value is -3.39. The molecule has 2 aromatic carbocycles. The molecular weight excluding hydrogens is 454 g/mol. The molecular formula is C26H25NO6S. The topological polar surface area (TPSA) is 97.8 Å². The fourth-order valence-electron chi connectivity index (χ4n) is 4.88. The number of sulfone groups is 1. The molecule has 5 rings (SSSR count). The minimum atomic E-state index is -3.13. The molecule has 1 aliphatic rings. The number of carbonyl (C=O) groups is 1. The van der Waals surface area contributed by atoms with Crippen LogP contribution in [-0.4, -0.2) is 43.8 Å². The second-order valence-electron chi connectivity index (χ2n) is 9.02. The highest BCUT2D eigenvalue weighted by Crippen LogP contribution is 2.38. The van der Waals surface area contributed by atoms with Gasteiger partial charge in [-0.1, -0.05) is 30.3 Å². The quantitative estimate of drug-likeness (QED) is 0.410. The minimum absolute atomic E-state index is 0.0465. The summed E-state index contributed by atoms with van der Waals surface area (Å²) >= 11 is 0. The second-order valence-corrected chi connectivity index (χ2v) is 11.2. The van der Waals surface area contributed by atoms with Crippen LogP contribution in [0.15, 0.2) is 56.3 Å². The normalized spacial score (nSPS) is 17.4. The lowest BCUT2D eigenvalue weighted by molar-refractivity contribution is -0.130. The number of likely N-dealkylation sites (N-methyl/N-ethyl adjacent to an activating group) is 1. The zero-order chi connectivity index (χ0) is 24.2. The molecule has 1 aliphatic heterocycles. The van der Waals surface area contributed by atoms with Crippen molar-refractivity contribution >= 4 is 37.7 Å². The zero-order valence-electron chi connectivity index (χ0n) is 19.3. The lowest BCUT2D eigenvalue weighted by atomic mass is 9.96. The van der Waals surface area contributed by atoms with E-state index < -0.39 is 15.5 Å². The van der Waals surface area contributed by atoms with Crippen molar-refractivity contribution in [1.82, 2.24) is 4.90 Å². The van der Waals surface area contributed by atoms with Crippen LogP contribution < -0.4 is 5.63 Å². The first-order chi connectivity index (χ1) is 16.2. The van der Waals surface area contributed by atoms with Gasteiger partial charge in [0.1, 0.15) is 11.2 Å². The van der Waals surface area contributed by atoms with Crippen LogP contribution in [0.25, 0.3) is 33.1 Å². The van der Waals surface area contributed by atoms with Crippen LogP contribution in [0.5, 0.6) is 0 Å². The van der Waals surface area contributed by atoms with Crippen LogP contribution >= 0.6 is 0 Å². The molecule has 1 saturated heterocycles. The highest BCUT2D eigenvalue weighted by Gasteiger charge is 2.33. The molecule has 1 fully saturated rings. The molecule has 2 aromatic heterocycles. The van der Waals surface area contributed by atoms with Crippen molar-refractivity contribution in [2.75, 3.05) is 18.6 Å². The number of hydrogen-bond donors (Lipinski definition) is 0. The summed E-state index contributed by atoms with van der Waals surface area (Å²) in [7, 11) is -1.54. The van der Waals surface area contributed by atoms with Crippen molar-refractivity contribution in [3.05, 3.63) is 69.8 Å². The molecule has 1 amide bonds. The van der Waals surface area contributed by atoms with E-state index in [2.05, 4.69) is 0 Å². The van der Waals surface area contributed by atoms with Gasteiger partial charge >= 0.3 is 5.63 Å². The first-order valence-electron chi connectivity index (χ1n) is 11.1. The fraction of sp³-hybridized carbons (Fsp3) is 0.308. The molecule has 0 spiro atoms. The summed E-state index contributed by atoms with van der Waals surface area (Å²) in [5.41, 5.74) is 4.22. The highest BCUT2D eigenvalue weighted by atomic mass is 32.2. The molecule has 7 nitrogen and oxygen atoms in total. The van der Waals surface area contributed by atoms with Gasteiger partial charge in [-0.2, -0.15) is 0 Å². The van der Waals surface area contributed by atoms with E-state index in [1.54, 1.807) is 20.2 Å². The average molecular weight is 480 g/mol. The van der Waals surface area contributed by atoms with E-state index in [9.17, 15) is 18.0 Å². The van der Waals surface area contributed by atoms with Crippen molar-refractivity contribution in [3.63, 3.8) is 0 Å². The molecule has 3 heterocycles. The van der Waals surface area contributed by atoms with Crippen molar-refractivity contribution in [2.24, 2.45) is 0 Å². The zero-order valence-corrected chi connectivity index (χ0v) is 20.1. The van der Waals surface area contributed by atoms with Crippen molar-refractivity contribution in [2.45, 2.75) is 32.7 Å². The van der Waals surface area contributed by atoms with E-state index in [0.29, 0.717) is 28.5 Å². The van der Waals surface area contributed by atoms with E-state index in [4.69, 9.17) is 8.83 Å². The monoisotopic (exact) mass is 479 g/mol. The number of aryl methyl sites for hydroxylation is 2. The Kier molecular flexibility index (Phi) is 5.36. The predicted octanol–water partition coefficient (Wildman–Crippen LogP) is 4.01. The van der Waals surface area contributed by atoms with Gasteiger partial charge in [0.15, 0.2) is 9.84 Å². The van der Waals surface area contributed by atoms with E-state index >= 15 is 0 Å². The molecule has 0 aliphatic carbocycles. The fourth-order valence-corrected chi connectivity index (χ4v) is 6.66. The number of furan rings is 1. The van der Waals surface area contributed by atoms with Crippen LogP contribution in [0.3, 0.4) is 0 Å². The van der Waals surface area contributed by atoms with Crippen LogP contribution in [0.2, 0.25) is 0 Å². The van der Waals surface area contributed by atoms with Gasteiger partial charge in [0.05, 0.1) is 35.1 Å². The third-order valence-corrected chi connectivity index (χ3v) is 8.60. The SMILES string of the molecule is Cc1cc2oc(=O)c(CC(=O)N(C)C3CCS(=O)(=O)C3)c(C)c2c2occ(-c3ccccc3)c12. The van der Waals surface area contributed by atoms with Gasteiger partial charge in [-0.3, -0.25) is 4.79 Å². The molecule has 0 saturated carbocycles. The Bertz CT molecular complexity index is 1600. The van der Waals surface area contributed by atoms with E-state index in [0.717, 1.165) is 22.1 Å². The van der Waals surface area contributed by atoms with Gasteiger partial charge in [0.2, 0.25) is 5.91 Å². The summed E-state index contributed by atoms with van der Waals surface area (Å²) in [4.78, 5) is 27.3. The van der Waals surface area contributed by atoms with E-state index in [1.165, 1.54) is 4.90 Å². The van der Waals surface area contributed by atoms with Crippen LogP contribution in [0.1, 0.15) is 23.1 Å². The maximum atomic E-state index is 13.0. The first-order valence-corrected chi connectivity index (χ1v) is 13.0. The third-order valence-electron chi connectivity index (χ3n) is 6.85. The Morgan fingerprint density at radius 3 is 2.56 bits per heavy atom. The summed E-state index contributed by atoms with van der Waals surface area (Å²) < 4.78 is 35.3. The second kappa shape index (κ2) is 8.13. The molecule has 8 heteroatoms. The van der Waals surface area contributed by atoms with E-state index in [-0.39, 0.29) is 35.4 Å². The lowest BCUT2D eigenvalue weighted by Gasteiger charge is -2.23. The molecule has 4 aromatic rings. The molecule has 34 heavy (non-hydrogen) atoms. The number of carbonyl (C=O) groups excluding carboxylic acids is 1. The Labute approximate surface area is 196 Å². The highest BCUT2D eigenvalue weighted by molar-refractivity contribution is 7.91. The number of amides is 1. The summed E-state index contributed by atoms with van der Waals surface area (Å²) in [6.45, 7) is 3.74. The summed E-state index contributed by atoms with van der Waals surface area (Å²) in [5, 5.41) is 1.59. The molecule has 0 bridgehead atoms. The molecule has 176 valence electrons. The number of fused-ring (bicyclic) bond motifs is 3. The Morgan fingerprint density at radius 1 is 1.15 bits per heavy atom. The number of benzene rings is 2. The van der Waals surface area contributed by atoms with Gasteiger partial charge in [0.25, 0.3) is 0 Å². The molecule has 0 radical (unpaired) electrons. The predicted molar refractivity (Wildman–Crippen MR) is 131 cm³/mol. The number of nitrogens with zero attached hydrogens (tertiary/aromatic N) is 1. The standard InChI is InChI=1S/C26H25NO6S/c1-15-11-21-24(25-23(15)20(13-32-25)17-7-5-4-6-8-17)16(2)19(26(29)33-21)12-22(28)27(3)18-9-10-34(30,31)14-18/h4-8,11,13,18H,9-10,12,14H2,1-3H3. The summed E-state index contributed by atoms with van der Waals surface area (Å²) in [5.74, 6) is -0.286. The van der Waals surface area contributed by atoms with Gasteiger partial charge in [0, 0.05) is 24.0 Å². The average Bonchev–Trinajstić information content (AvgIpc) is 3.40. The van der Waals surface area contributed by atoms with E-state index in [1.807, 2.05) is 43.3 Å². The summed E-state index contributed by atoms with van der Waals surface area (Å²) in [6, 6.07) is 11.3. The van der Waals surface area contributed by atoms with Gasteiger partial charge in [-0.15, -0.1) is 0 Å². The third kappa shape index (κ3) is 3.72. The van der Waals surface area contributed by atoms with Crippen molar-refractivity contribution in [3.8, 4) is 11.1 Å². The maximum Gasteiger partial charge on any atom is 0.340 e. The molecule has 1 unspecified atom stereocenters. The van der Waals surface area contributed by atoms with Crippen molar-refractivity contribution in [1.29, 1.82) is 0 Å². The van der Waals surface area contributed by atoms with Gasteiger partial charge < -0.3 is 13.7 Å². The number of hydrogen-bond acceptors (Lipinski definition) is 6. The first kappa shape index (κ1) is 22.4. The largest absolute Gasteiger partial charge is 0.463 e. The lowest BCUT2D eigenvalue weighted by Crippen LogP contribution is -2.39. The Balaban J connectivity index is 1.59. The van der Waals surface area contributed by atoms with Crippen molar-refractivity contribution < 1.29 is 22.0 Å². The number of rotatable bonds is 4.